The number of anilines is 1. The predicted octanol–water partition coefficient (Wildman–Crippen LogP) is 5.06. The summed E-state index contributed by atoms with van der Waals surface area (Å²) in [6.07, 6.45) is 7.18. The van der Waals surface area contributed by atoms with E-state index in [0.717, 1.165) is 56.0 Å². The van der Waals surface area contributed by atoms with Gasteiger partial charge in [-0.2, -0.15) is 5.10 Å². The number of benzene rings is 1. The fourth-order valence-corrected chi connectivity index (χ4v) is 5.28. The molecule has 2 aromatic heterocycles. The first-order chi connectivity index (χ1) is 16.0. The van der Waals surface area contributed by atoms with Crippen LogP contribution in [0.2, 0.25) is 0 Å². The molecule has 1 unspecified atom stereocenters. The third-order valence-electron chi connectivity index (χ3n) is 7.13. The molecule has 0 spiro atoms. The molecule has 33 heavy (non-hydrogen) atoms. The summed E-state index contributed by atoms with van der Waals surface area (Å²) >= 11 is 0. The van der Waals surface area contributed by atoms with Crippen LogP contribution < -0.4 is 5.32 Å². The Kier molecular flexibility index (Phi) is 6.02. The number of hydrogen-bond donors (Lipinski definition) is 1. The Labute approximate surface area is 196 Å². The first-order valence-electron chi connectivity index (χ1n) is 12.0. The summed E-state index contributed by atoms with van der Waals surface area (Å²) in [5, 5.41) is 8.19. The minimum Gasteiger partial charge on any atom is -0.361 e. The van der Waals surface area contributed by atoms with Crippen LogP contribution in [0.3, 0.4) is 0 Å². The maximum atomic E-state index is 13.4. The molecule has 3 aromatic rings. The molecule has 5 rings (SSSR count). The van der Waals surface area contributed by atoms with Crippen molar-refractivity contribution in [1.29, 1.82) is 0 Å². The van der Waals surface area contributed by atoms with E-state index in [2.05, 4.69) is 64.5 Å². The van der Waals surface area contributed by atoms with Crippen LogP contribution in [0.5, 0.6) is 0 Å². The van der Waals surface area contributed by atoms with Gasteiger partial charge in [-0.1, -0.05) is 36.4 Å². The zero-order valence-electron chi connectivity index (χ0n) is 19.6. The van der Waals surface area contributed by atoms with E-state index in [4.69, 9.17) is 0 Å². The van der Waals surface area contributed by atoms with Crippen molar-refractivity contribution < 1.29 is 4.79 Å². The number of pyridine rings is 1. The van der Waals surface area contributed by atoms with Crippen LogP contribution in [0.15, 0.2) is 60.9 Å². The lowest BCUT2D eigenvalue weighted by Crippen LogP contribution is -2.38. The van der Waals surface area contributed by atoms with Gasteiger partial charge in [0, 0.05) is 19.2 Å². The topological polar surface area (TPSA) is 63.1 Å². The van der Waals surface area contributed by atoms with Crippen molar-refractivity contribution in [3.63, 3.8) is 0 Å². The fraction of sp³-hybridized carbons (Fsp3) is 0.444. The van der Waals surface area contributed by atoms with Crippen molar-refractivity contribution in [2.75, 3.05) is 18.4 Å². The van der Waals surface area contributed by atoms with E-state index in [1.54, 1.807) is 6.20 Å². The third kappa shape index (κ3) is 4.71. The van der Waals surface area contributed by atoms with E-state index < -0.39 is 0 Å². The van der Waals surface area contributed by atoms with Gasteiger partial charge in [-0.15, -0.1) is 0 Å². The van der Waals surface area contributed by atoms with Gasteiger partial charge in [-0.3, -0.25) is 14.7 Å². The number of hydrogen-bond acceptors (Lipinski definition) is 5. The van der Waals surface area contributed by atoms with Gasteiger partial charge in [0.25, 0.3) is 0 Å². The van der Waals surface area contributed by atoms with Crippen molar-refractivity contribution in [3.05, 3.63) is 77.7 Å². The van der Waals surface area contributed by atoms with Gasteiger partial charge in [0.05, 0.1) is 29.0 Å². The molecule has 6 heteroatoms. The van der Waals surface area contributed by atoms with Crippen LogP contribution in [-0.2, 0) is 12.1 Å². The van der Waals surface area contributed by atoms with Crippen molar-refractivity contribution in [2.45, 2.75) is 57.7 Å². The Hall–Kier alpha value is -2.99. The predicted molar refractivity (Wildman–Crippen MR) is 130 cm³/mol. The quantitative estimate of drug-likeness (QED) is 0.540. The van der Waals surface area contributed by atoms with Crippen LogP contribution in [-0.4, -0.2) is 38.5 Å². The number of rotatable bonds is 6. The Balaban J connectivity index is 1.24. The van der Waals surface area contributed by atoms with E-state index in [1.165, 1.54) is 5.56 Å². The highest BCUT2D eigenvalue weighted by molar-refractivity contribution is 6.00. The number of ketones is 1. The molecule has 0 amide bonds. The largest absolute Gasteiger partial charge is 0.361 e. The summed E-state index contributed by atoms with van der Waals surface area (Å²) in [6.45, 7) is 7.44. The maximum absolute atomic E-state index is 13.4. The van der Waals surface area contributed by atoms with Gasteiger partial charge in [0.2, 0.25) is 0 Å². The molecule has 0 radical (unpaired) electrons. The average molecular weight is 444 g/mol. The number of fused-ring (bicyclic) bond motifs is 1. The number of carbonyl (C=O) groups excluding carboxylic acids is 1. The van der Waals surface area contributed by atoms with Crippen molar-refractivity contribution in [2.24, 2.45) is 5.92 Å². The van der Waals surface area contributed by atoms with Gasteiger partial charge in [-0.25, -0.2) is 4.68 Å². The highest BCUT2D eigenvalue weighted by Crippen LogP contribution is 2.40. The fourth-order valence-electron chi connectivity index (χ4n) is 5.28. The van der Waals surface area contributed by atoms with Gasteiger partial charge in [0.1, 0.15) is 5.82 Å². The molecule has 1 fully saturated rings. The van der Waals surface area contributed by atoms with E-state index in [-0.39, 0.29) is 17.4 Å². The number of aromatic nitrogens is 3. The molecule has 4 heterocycles. The molecule has 1 aromatic carbocycles. The minimum atomic E-state index is -0.190. The van der Waals surface area contributed by atoms with Crippen molar-refractivity contribution in [1.82, 2.24) is 19.7 Å². The van der Waals surface area contributed by atoms with Crippen LogP contribution in [0.1, 0.15) is 67.2 Å². The van der Waals surface area contributed by atoms with Crippen LogP contribution in [0.25, 0.3) is 0 Å². The second kappa shape index (κ2) is 9.10. The Morgan fingerprint density at radius 1 is 1.09 bits per heavy atom. The lowest BCUT2D eigenvalue weighted by atomic mass is 9.88. The van der Waals surface area contributed by atoms with Gasteiger partial charge < -0.3 is 5.32 Å². The molecule has 172 valence electrons. The molecule has 1 atom stereocenters. The van der Waals surface area contributed by atoms with Crippen molar-refractivity contribution >= 4 is 11.6 Å². The second-order valence-electron chi connectivity index (χ2n) is 10.1. The van der Waals surface area contributed by atoms with E-state index in [9.17, 15) is 4.79 Å². The molecule has 6 nitrogen and oxygen atoms in total. The molecule has 0 aliphatic carbocycles. The first kappa shape index (κ1) is 21.8. The summed E-state index contributed by atoms with van der Waals surface area (Å²) < 4.78 is 1.99. The molecule has 2 aliphatic rings. The van der Waals surface area contributed by atoms with E-state index >= 15 is 0 Å². The lowest BCUT2D eigenvalue weighted by Gasteiger charge is -2.38. The summed E-state index contributed by atoms with van der Waals surface area (Å²) in [5.41, 5.74) is 2.89. The summed E-state index contributed by atoms with van der Waals surface area (Å²) in [4.78, 5) is 20.4. The average Bonchev–Trinajstić information content (AvgIpc) is 3.27. The van der Waals surface area contributed by atoms with E-state index in [0.29, 0.717) is 12.3 Å². The van der Waals surface area contributed by atoms with Gasteiger partial charge >= 0.3 is 0 Å². The summed E-state index contributed by atoms with van der Waals surface area (Å²) in [7, 11) is 0. The number of piperidine rings is 1. The van der Waals surface area contributed by atoms with Gasteiger partial charge in [-0.05, 0) is 69.8 Å². The molecule has 1 N–H and O–H groups in total. The molecule has 1 saturated heterocycles. The monoisotopic (exact) mass is 443 g/mol. The SMILES string of the molecule is CC1(C)CC(c2ccccn2)Nc2c(C(=O)CC3CCN(Cc4ccccc4)CC3)cnn21. The highest BCUT2D eigenvalue weighted by atomic mass is 16.1. The highest BCUT2D eigenvalue weighted by Gasteiger charge is 2.37. The minimum absolute atomic E-state index is 0.0678. The number of likely N-dealkylation sites (tertiary alicyclic amines) is 1. The zero-order valence-corrected chi connectivity index (χ0v) is 19.6. The number of Topliss-reactive ketones (excluding diaryl/α,β-unsaturated/α-hetero) is 1. The Morgan fingerprint density at radius 2 is 1.85 bits per heavy atom. The molecule has 2 aliphatic heterocycles. The van der Waals surface area contributed by atoms with Crippen LogP contribution in [0.4, 0.5) is 5.82 Å². The molecule has 0 saturated carbocycles. The number of nitrogens with zero attached hydrogens (tertiary/aromatic N) is 4. The Morgan fingerprint density at radius 3 is 2.58 bits per heavy atom. The first-order valence-corrected chi connectivity index (χ1v) is 12.0. The second-order valence-corrected chi connectivity index (χ2v) is 10.1. The molecular formula is C27H33N5O. The maximum Gasteiger partial charge on any atom is 0.168 e. The third-order valence-corrected chi connectivity index (χ3v) is 7.13. The van der Waals surface area contributed by atoms with Gasteiger partial charge in [0.15, 0.2) is 5.78 Å². The zero-order chi connectivity index (χ0) is 22.8. The van der Waals surface area contributed by atoms with E-state index in [1.807, 2.05) is 29.1 Å². The summed E-state index contributed by atoms with van der Waals surface area (Å²) in [5.74, 6) is 1.47. The van der Waals surface area contributed by atoms with Crippen LogP contribution in [0, 0.1) is 5.92 Å². The Bertz CT molecular complexity index is 1080. The standard InChI is InChI=1S/C27H33N5O/c1-27(2)17-24(23-10-6-7-13-28-23)30-26-22(18-29-32(26)27)25(33)16-20-11-14-31(15-12-20)19-21-8-4-3-5-9-21/h3-10,13,18,20,24,30H,11-12,14-17,19H2,1-2H3. The number of carbonyl (C=O) groups is 1. The van der Waals surface area contributed by atoms with Crippen molar-refractivity contribution in [3.8, 4) is 0 Å². The van der Waals surface area contributed by atoms with Crippen LogP contribution >= 0.6 is 0 Å². The molecule has 0 bridgehead atoms. The normalized spacial score (nSPS) is 20.7. The smallest absolute Gasteiger partial charge is 0.168 e. The number of nitrogens with one attached hydrogen (secondary N) is 1. The lowest BCUT2D eigenvalue weighted by molar-refractivity contribution is 0.0925. The molecular weight excluding hydrogens is 410 g/mol. The summed E-state index contributed by atoms with van der Waals surface area (Å²) in [6, 6.07) is 16.7.